The summed E-state index contributed by atoms with van der Waals surface area (Å²) in [6, 6.07) is 4.13. The van der Waals surface area contributed by atoms with Crippen LogP contribution in [-0.2, 0) is 7.05 Å². The van der Waals surface area contributed by atoms with Crippen molar-refractivity contribution >= 4 is 22.7 Å². The molecular weight excluding hydrogens is 240 g/mol. The van der Waals surface area contributed by atoms with Gasteiger partial charge < -0.3 is 14.4 Å². The number of benzene rings is 1. The van der Waals surface area contributed by atoms with Crippen LogP contribution in [0.4, 0.5) is 5.69 Å². The number of nitrogens with zero attached hydrogens (tertiary/aromatic N) is 2. The molecule has 19 heavy (non-hydrogen) atoms. The average Bonchev–Trinajstić information content (AvgIpc) is 2.43. The molecule has 4 nitrogen and oxygen atoms in total. The van der Waals surface area contributed by atoms with Gasteiger partial charge in [-0.25, -0.2) is 0 Å². The molecule has 0 aliphatic carbocycles. The number of aromatic nitrogens is 1. The van der Waals surface area contributed by atoms with Gasteiger partial charge in [-0.1, -0.05) is 0 Å². The Morgan fingerprint density at radius 2 is 2.00 bits per heavy atom. The van der Waals surface area contributed by atoms with E-state index in [4.69, 9.17) is 9.47 Å². The fraction of sp³-hybridized carbons (Fsp3) is 0.267. The minimum atomic E-state index is 0.756. The Morgan fingerprint density at radius 1 is 1.21 bits per heavy atom. The molecule has 1 aromatic heterocycles. The minimum absolute atomic E-state index is 0.756. The van der Waals surface area contributed by atoms with Gasteiger partial charge in [0.25, 0.3) is 5.52 Å². The summed E-state index contributed by atoms with van der Waals surface area (Å²) in [7, 11) is 7.40. The van der Waals surface area contributed by atoms with Gasteiger partial charge in [-0.15, -0.1) is 0 Å². The number of ether oxygens (including phenoxy) is 2. The van der Waals surface area contributed by atoms with Gasteiger partial charge in [-0.3, -0.25) is 0 Å². The lowest BCUT2D eigenvalue weighted by atomic mass is 10.0. The number of rotatable bonds is 2. The largest absolute Gasteiger partial charge is 0.493 e. The van der Waals surface area contributed by atoms with Crippen LogP contribution in [0.25, 0.3) is 17.0 Å². The highest BCUT2D eigenvalue weighted by Crippen LogP contribution is 2.41. The van der Waals surface area contributed by atoms with Crippen LogP contribution in [0.5, 0.6) is 11.5 Å². The number of pyridine rings is 1. The van der Waals surface area contributed by atoms with Crippen LogP contribution in [0.15, 0.2) is 24.5 Å². The molecule has 0 unspecified atom stereocenters. The van der Waals surface area contributed by atoms with Gasteiger partial charge in [0.05, 0.1) is 25.3 Å². The Morgan fingerprint density at radius 3 is 2.68 bits per heavy atom. The number of hydrogen-bond donors (Lipinski definition) is 0. The van der Waals surface area contributed by atoms with Gasteiger partial charge in [-0.2, -0.15) is 4.57 Å². The maximum Gasteiger partial charge on any atom is 0.261 e. The minimum Gasteiger partial charge on any atom is -0.493 e. The molecule has 0 radical (unpaired) electrons. The van der Waals surface area contributed by atoms with Crippen molar-refractivity contribution in [3.8, 4) is 11.5 Å². The molecule has 98 valence electrons. The van der Waals surface area contributed by atoms with E-state index in [1.807, 2.05) is 26.4 Å². The zero-order chi connectivity index (χ0) is 13.6. The molecule has 0 N–H and O–H groups in total. The predicted octanol–water partition coefficient (Wildman–Crippen LogP) is 2.10. The van der Waals surface area contributed by atoms with E-state index in [2.05, 4.69) is 27.8 Å². The smallest absolute Gasteiger partial charge is 0.261 e. The van der Waals surface area contributed by atoms with Gasteiger partial charge >= 0.3 is 0 Å². The van der Waals surface area contributed by atoms with Gasteiger partial charge in [0.15, 0.2) is 11.9 Å². The van der Waals surface area contributed by atoms with E-state index in [0.717, 1.165) is 22.6 Å². The van der Waals surface area contributed by atoms with Crippen LogP contribution >= 0.6 is 0 Å². The Balaban J connectivity index is 2.52. The molecule has 2 aromatic rings. The molecule has 0 saturated carbocycles. The second-order valence-corrected chi connectivity index (χ2v) is 4.66. The van der Waals surface area contributed by atoms with Crippen molar-refractivity contribution in [2.45, 2.75) is 0 Å². The molecule has 0 atom stereocenters. The van der Waals surface area contributed by atoms with Crippen LogP contribution in [0.1, 0.15) is 5.56 Å². The van der Waals surface area contributed by atoms with Crippen LogP contribution in [0.3, 0.4) is 0 Å². The normalized spacial score (nSPS) is 12.9. The molecular formula is C15H17N2O2+. The summed E-state index contributed by atoms with van der Waals surface area (Å²) >= 11 is 0. The maximum atomic E-state index is 5.56. The van der Waals surface area contributed by atoms with Crippen molar-refractivity contribution in [1.29, 1.82) is 0 Å². The van der Waals surface area contributed by atoms with Crippen LogP contribution in [-0.4, -0.2) is 21.3 Å². The first kappa shape index (κ1) is 11.8. The van der Waals surface area contributed by atoms with E-state index < -0.39 is 0 Å². The van der Waals surface area contributed by atoms with E-state index in [0.29, 0.717) is 0 Å². The third kappa shape index (κ3) is 1.56. The van der Waals surface area contributed by atoms with Crippen molar-refractivity contribution in [3.63, 3.8) is 0 Å². The van der Waals surface area contributed by atoms with Crippen molar-refractivity contribution in [1.82, 2.24) is 0 Å². The lowest BCUT2D eigenvalue weighted by Gasteiger charge is -2.22. The fourth-order valence-electron chi connectivity index (χ4n) is 2.64. The molecule has 0 saturated heterocycles. The highest BCUT2D eigenvalue weighted by molar-refractivity contribution is 6.03. The molecule has 4 heteroatoms. The van der Waals surface area contributed by atoms with Crippen LogP contribution in [0.2, 0.25) is 0 Å². The number of aryl methyl sites for hydroxylation is 1. The van der Waals surface area contributed by atoms with Gasteiger partial charge in [-0.05, 0) is 17.7 Å². The van der Waals surface area contributed by atoms with Crippen molar-refractivity contribution in [2.75, 3.05) is 26.2 Å². The van der Waals surface area contributed by atoms with E-state index in [9.17, 15) is 0 Å². The monoisotopic (exact) mass is 257 g/mol. The fourth-order valence-corrected chi connectivity index (χ4v) is 2.64. The second-order valence-electron chi connectivity index (χ2n) is 4.66. The zero-order valence-electron chi connectivity index (χ0n) is 11.6. The third-order valence-electron chi connectivity index (χ3n) is 3.60. The summed E-state index contributed by atoms with van der Waals surface area (Å²) in [5, 5.41) is 1.19. The summed E-state index contributed by atoms with van der Waals surface area (Å²) in [4.78, 5) is 2.11. The lowest BCUT2D eigenvalue weighted by molar-refractivity contribution is -0.645. The van der Waals surface area contributed by atoms with E-state index in [-0.39, 0.29) is 0 Å². The van der Waals surface area contributed by atoms with Crippen molar-refractivity contribution < 1.29 is 14.0 Å². The molecule has 0 fully saturated rings. The molecule has 0 spiro atoms. The zero-order valence-corrected chi connectivity index (χ0v) is 11.6. The third-order valence-corrected chi connectivity index (χ3v) is 3.60. The quantitative estimate of drug-likeness (QED) is 0.770. The van der Waals surface area contributed by atoms with E-state index in [1.165, 1.54) is 11.1 Å². The van der Waals surface area contributed by atoms with Crippen LogP contribution in [0, 0.1) is 0 Å². The summed E-state index contributed by atoms with van der Waals surface area (Å²) in [6.45, 7) is 0. The molecule has 3 rings (SSSR count). The van der Waals surface area contributed by atoms with Crippen LogP contribution < -0.4 is 18.9 Å². The summed E-state index contributed by atoms with van der Waals surface area (Å²) < 4.78 is 13.1. The highest BCUT2D eigenvalue weighted by atomic mass is 16.5. The van der Waals surface area contributed by atoms with Crippen molar-refractivity contribution in [3.05, 3.63) is 30.1 Å². The number of anilines is 1. The van der Waals surface area contributed by atoms with Gasteiger partial charge in [0.1, 0.15) is 7.05 Å². The van der Waals surface area contributed by atoms with E-state index in [1.54, 1.807) is 14.2 Å². The Bertz CT molecular complexity index is 692. The Labute approximate surface area is 112 Å². The predicted molar refractivity (Wildman–Crippen MR) is 75.7 cm³/mol. The Kier molecular flexibility index (Phi) is 2.59. The molecule has 1 aromatic carbocycles. The van der Waals surface area contributed by atoms with Crippen molar-refractivity contribution in [2.24, 2.45) is 7.05 Å². The standard InChI is InChI=1S/C15H17N2O2/c1-16-7-5-10-9-12(18-3)15(19-4)14-13(10)11(16)6-8-17(14)2/h5-9H,1-4H3/q+1. The Hall–Kier alpha value is -2.23. The number of methoxy groups -OCH3 is 2. The van der Waals surface area contributed by atoms with Gasteiger partial charge in [0, 0.05) is 19.3 Å². The first-order valence-corrected chi connectivity index (χ1v) is 6.15. The second kappa shape index (κ2) is 4.16. The first-order chi connectivity index (χ1) is 9.17. The first-order valence-electron chi connectivity index (χ1n) is 6.15. The highest BCUT2D eigenvalue weighted by Gasteiger charge is 2.25. The molecule has 0 bridgehead atoms. The van der Waals surface area contributed by atoms with E-state index >= 15 is 0 Å². The lowest BCUT2D eigenvalue weighted by Crippen LogP contribution is -2.30. The molecule has 1 aliphatic rings. The molecule has 0 amide bonds. The van der Waals surface area contributed by atoms with Gasteiger partial charge in [0.2, 0.25) is 5.75 Å². The topological polar surface area (TPSA) is 25.6 Å². The number of hydrogen-bond acceptors (Lipinski definition) is 3. The molecule has 2 heterocycles. The SMILES string of the molecule is COc1cc2c3c(cc[n+](C)c3c1OC)N(C)C=C2. The summed E-state index contributed by atoms with van der Waals surface area (Å²) in [6.07, 6.45) is 6.19. The molecule has 1 aliphatic heterocycles. The average molecular weight is 257 g/mol. The maximum absolute atomic E-state index is 5.56. The summed E-state index contributed by atoms with van der Waals surface area (Å²) in [5.74, 6) is 1.53. The summed E-state index contributed by atoms with van der Waals surface area (Å²) in [5.41, 5.74) is 3.37.